The summed E-state index contributed by atoms with van der Waals surface area (Å²) in [6.07, 6.45) is 1.70. The fourth-order valence-electron chi connectivity index (χ4n) is 3.25. The first-order valence-corrected chi connectivity index (χ1v) is 8.54. The first-order chi connectivity index (χ1) is 13.0. The number of carbonyl (C=O) groups excluding carboxylic acids is 1. The van der Waals surface area contributed by atoms with Crippen LogP contribution in [0.1, 0.15) is 25.5 Å². The number of aliphatic imine (C=N–C) groups is 1. The van der Waals surface area contributed by atoms with Crippen molar-refractivity contribution in [2.45, 2.75) is 19.9 Å². The van der Waals surface area contributed by atoms with Crippen molar-refractivity contribution in [1.82, 2.24) is 15.5 Å². The molecule has 0 fully saturated rings. The SMILES string of the molecule is CC1=NC(C)=C(C(=O)Nc2ccc3[nH]ncc3c2)C(c2ccc(F)cc2)N1. The van der Waals surface area contributed by atoms with Crippen molar-refractivity contribution in [2.24, 2.45) is 4.99 Å². The number of hydrogen-bond donors (Lipinski definition) is 3. The molecule has 7 heteroatoms. The van der Waals surface area contributed by atoms with Gasteiger partial charge in [-0.15, -0.1) is 0 Å². The number of hydrogen-bond acceptors (Lipinski definition) is 4. The molecule has 0 saturated heterocycles. The van der Waals surface area contributed by atoms with Gasteiger partial charge in [-0.05, 0) is 49.7 Å². The van der Waals surface area contributed by atoms with E-state index in [1.165, 1.54) is 12.1 Å². The lowest BCUT2D eigenvalue weighted by molar-refractivity contribution is -0.113. The number of allylic oxidation sites excluding steroid dienone is 1. The predicted molar refractivity (Wildman–Crippen MR) is 103 cm³/mol. The highest BCUT2D eigenvalue weighted by atomic mass is 19.1. The fourth-order valence-corrected chi connectivity index (χ4v) is 3.25. The van der Waals surface area contributed by atoms with Crippen LogP contribution in [-0.4, -0.2) is 21.9 Å². The number of amides is 1. The molecular formula is C20H18FN5O. The van der Waals surface area contributed by atoms with Crippen LogP contribution < -0.4 is 10.6 Å². The number of nitrogens with one attached hydrogen (secondary N) is 3. The van der Waals surface area contributed by atoms with Gasteiger partial charge in [0.1, 0.15) is 5.82 Å². The van der Waals surface area contributed by atoms with Gasteiger partial charge in [0.15, 0.2) is 0 Å². The molecule has 0 aliphatic carbocycles. The van der Waals surface area contributed by atoms with Gasteiger partial charge in [0.25, 0.3) is 5.91 Å². The number of rotatable bonds is 3. The summed E-state index contributed by atoms with van der Waals surface area (Å²) < 4.78 is 13.3. The van der Waals surface area contributed by atoms with Crippen molar-refractivity contribution in [3.05, 3.63) is 71.3 Å². The first kappa shape index (κ1) is 17.0. The van der Waals surface area contributed by atoms with Crippen molar-refractivity contribution < 1.29 is 9.18 Å². The Morgan fingerprint density at radius 3 is 2.70 bits per heavy atom. The number of nitrogens with zero attached hydrogens (tertiary/aromatic N) is 2. The summed E-state index contributed by atoms with van der Waals surface area (Å²) in [7, 11) is 0. The van der Waals surface area contributed by atoms with Crippen molar-refractivity contribution in [1.29, 1.82) is 0 Å². The predicted octanol–water partition coefficient (Wildman–Crippen LogP) is 3.68. The Hall–Kier alpha value is -3.48. The van der Waals surface area contributed by atoms with Gasteiger partial charge in [-0.25, -0.2) is 9.38 Å². The van der Waals surface area contributed by atoms with Crippen LogP contribution in [-0.2, 0) is 4.79 Å². The molecule has 0 bridgehead atoms. The molecule has 1 aliphatic heterocycles. The van der Waals surface area contributed by atoms with Gasteiger partial charge in [0.2, 0.25) is 0 Å². The van der Waals surface area contributed by atoms with Crippen LogP contribution in [0.25, 0.3) is 10.9 Å². The summed E-state index contributed by atoms with van der Waals surface area (Å²) >= 11 is 0. The van der Waals surface area contributed by atoms with E-state index in [4.69, 9.17) is 0 Å². The normalized spacial score (nSPS) is 16.9. The largest absolute Gasteiger partial charge is 0.363 e. The van der Waals surface area contributed by atoms with Crippen LogP contribution in [0.4, 0.5) is 10.1 Å². The first-order valence-electron chi connectivity index (χ1n) is 8.54. The van der Waals surface area contributed by atoms with Gasteiger partial charge in [0, 0.05) is 11.1 Å². The minimum absolute atomic E-state index is 0.256. The molecule has 1 atom stereocenters. The highest BCUT2D eigenvalue weighted by Gasteiger charge is 2.28. The molecule has 1 aromatic heterocycles. The van der Waals surface area contributed by atoms with Crippen molar-refractivity contribution in [3.8, 4) is 0 Å². The van der Waals surface area contributed by atoms with Crippen LogP contribution in [0.3, 0.4) is 0 Å². The maximum Gasteiger partial charge on any atom is 0.255 e. The second-order valence-corrected chi connectivity index (χ2v) is 6.45. The second-order valence-electron chi connectivity index (χ2n) is 6.45. The van der Waals surface area contributed by atoms with E-state index in [0.29, 0.717) is 22.8 Å². The average Bonchev–Trinajstić information content (AvgIpc) is 3.09. The van der Waals surface area contributed by atoms with Crippen molar-refractivity contribution in [3.63, 3.8) is 0 Å². The maximum absolute atomic E-state index is 13.3. The third-order valence-electron chi connectivity index (χ3n) is 4.51. The summed E-state index contributed by atoms with van der Waals surface area (Å²) in [4.78, 5) is 17.4. The summed E-state index contributed by atoms with van der Waals surface area (Å²) in [5.74, 6) is 0.131. The summed E-state index contributed by atoms with van der Waals surface area (Å²) in [6, 6.07) is 11.2. The van der Waals surface area contributed by atoms with Crippen molar-refractivity contribution in [2.75, 3.05) is 5.32 Å². The minimum Gasteiger partial charge on any atom is -0.363 e. The zero-order valence-electron chi connectivity index (χ0n) is 14.9. The fraction of sp³-hybridized carbons (Fsp3) is 0.150. The number of benzene rings is 2. The molecule has 0 spiro atoms. The highest BCUT2D eigenvalue weighted by molar-refractivity contribution is 6.07. The van der Waals surface area contributed by atoms with Crippen molar-refractivity contribution >= 4 is 28.3 Å². The molecular weight excluding hydrogens is 345 g/mol. The van der Waals surface area contributed by atoms with Gasteiger partial charge in [-0.2, -0.15) is 5.10 Å². The van der Waals surface area contributed by atoms with Crippen LogP contribution in [0.15, 0.2) is 64.9 Å². The number of aromatic nitrogens is 2. The monoisotopic (exact) mass is 363 g/mol. The summed E-state index contributed by atoms with van der Waals surface area (Å²) in [5, 5.41) is 13.9. The molecule has 0 radical (unpaired) electrons. The smallest absolute Gasteiger partial charge is 0.255 e. The number of H-pyrrole nitrogens is 1. The zero-order valence-corrected chi connectivity index (χ0v) is 14.9. The van der Waals surface area contributed by atoms with Gasteiger partial charge >= 0.3 is 0 Å². The molecule has 2 aromatic carbocycles. The van der Waals surface area contributed by atoms with Gasteiger partial charge in [0.05, 0.1) is 34.9 Å². The molecule has 2 heterocycles. The topological polar surface area (TPSA) is 82.2 Å². The molecule has 1 aliphatic rings. The number of amidine groups is 1. The Bertz CT molecular complexity index is 1080. The quantitative estimate of drug-likeness (QED) is 0.664. The lowest BCUT2D eigenvalue weighted by Gasteiger charge is -2.27. The molecule has 1 amide bonds. The van der Waals surface area contributed by atoms with E-state index in [9.17, 15) is 9.18 Å². The summed E-state index contributed by atoms with van der Waals surface area (Å²) in [6.45, 7) is 3.64. The van der Waals surface area contributed by atoms with Crippen LogP contribution in [0.5, 0.6) is 0 Å². The van der Waals surface area contributed by atoms with E-state index in [1.54, 1.807) is 25.3 Å². The molecule has 3 aromatic rings. The van der Waals surface area contributed by atoms with Gasteiger partial charge in [-0.1, -0.05) is 12.1 Å². The Balaban J connectivity index is 1.67. The number of carbonyl (C=O) groups is 1. The zero-order chi connectivity index (χ0) is 19.0. The third-order valence-corrected chi connectivity index (χ3v) is 4.51. The van der Waals surface area contributed by atoms with E-state index in [1.807, 2.05) is 25.1 Å². The Morgan fingerprint density at radius 2 is 1.93 bits per heavy atom. The van der Waals surface area contributed by atoms with Crippen LogP contribution in [0, 0.1) is 5.82 Å². The highest BCUT2D eigenvalue weighted by Crippen LogP contribution is 2.29. The Morgan fingerprint density at radius 1 is 1.15 bits per heavy atom. The van der Waals surface area contributed by atoms with E-state index in [0.717, 1.165) is 16.5 Å². The van der Waals surface area contributed by atoms with Crippen LogP contribution in [0.2, 0.25) is 0 Å². The number of fused-ring (bicyclic) bond motifs is 1. The lowest BCUT2D eigenvalue weighted by Crippen LogP contribution is -2.36. The van der Waals surface area contributed by atoms with E-state index >= 15 is 0 Å². The molecule has 27 heavy (non-hydrogen) atoms. The van der Waals surface area contributed by atoms with E-state index < -0.39 is 6.04 Å². The summed E-state index contributed by atoms with van der Waals surface area (Å²) in [5.41, 5.74) is 3.48. The number of halogens is 1. The van der Waals surface area contributed by atoms with Gasteiger partial charge in [-0.3, -0.25) is 9.89 Å². The average molecular weight is 363 g/mol. The Labute approximate surface area is 155 Å². The molecule has 3 N–H and O–H groups in total. The molecule has 0 saturated carbocycles. The second kappa shape index (κ2) is 6.68. The molecule has 136 valence electrons. The number of aromatic amines is 1. The lowest BCUT2D eigenvalue weighted by atomic mass is 9.95. The van der Waals surface area contributed by atoms with Gasteiger partial charge < -0.3 is 10.6 Å². The minimum atomic E-state index is -0.402. The number of anilines is 1. The van der Waals surface area contributed by atoms with Crippen LogP contribution >= 0.6 is 0 Å². The molecule has 4 rings (SSSR count). The Kier molecular flexibility index (Phi) is 4.19. The third kappa shape index (κ3) is 3.31. The molecule has 1 unspecified atom stereocenters. The van der Waals surface area contributed by atoms with E-state index in [2.05, 4.69) is 25.8 Å². The standard InChI is InChI=1S/C20H18FN5O/c1-11-18(19(24-12(2)23-11)13-3-5-15(21)6-4-13)20(27)25-16-7-8-17-14(9-16)10-22-26-17/h3-10,19H,1-2H3,(H,22,26)(H,23,24)(H,25,27). The maximum atomic E-state index is 13.3. The molecule has 6 nitrogen and oxygen atoms in total. The van der Waals surface area contributed by atoms with E-state index in [-0.39, 0.29) is 11.7 Å².